The summed E-state index contributed by atoms with van der Waals surface area (Å²) in [5, 5.41) is 0. The van der Waals surface area contributed by atoms with E-state index in [1.54, 1.807) is 0 Å². The number of rotatable bonds is 0. The second-order valence-electron chi connectivity index (χ2n) is 2.72. The Balaban J connectivity index is 3.30. The summed E-state index contributed by atoms with van der Waals surface area (Å²) in [5.74, 6) is 0. The summed E-state index contributed by atoms with van der Waals surface area (Å²) in [6.45, 7) is 0. The van der Waals surface area contributed by atoms with Gasteiger partial charge in [-0.3, -0.25) is 0 Å². The number of hydrogen-bond donors (Lipinski definition) is 0. The van der Waals surface area contributed by atoms with Crippen molar-refractivity contribution in [2.45, 2.75) is 12.4 Å². The maximum absolute atomic E-state index is 12.2. The van der Waals surface area contributed by atoms with Gasteiger partial charge in [0.2, 0.25) is 0 Å². The third-order valence-electron chi connectivity index (χ3n) is 1.55. The van der Waals surface area contributed by atoms with Gasteiger partial charge < -0.3 is 22.6 Å². The van der Waals surface area contributed by atoms with Crippen molar-refractivity contribution in [1.29, 1.82) is 0 Å². The molecule has 0 fully saturated rings. The smallest absolute Gasteiger partial charge is 0.416 e. The van der Waals surface area contributed by atoms with Crippen molar-refractivity contribution in [2.24, 2.45) is 0 Å². The summed E-state index contributed by atoms with van der Waals surface area (Å²) >= 11 is 1.41. The topological polar surface area (TPSA) is 0 Å². The van der Waals surface area contributed by atoms with Gasteiger partial charge in [-0.2, -0.15) is 29.9 Å². The summed E-state index contributed by atoms with van der Waals surface area (Å²) in [5.41, 5.74) is -2.58. The van der Waals surface area contributed by atoms with Gasteiger partial charge in [-0.25, -0.2) is 0 Å². The summed E-state index contributed by atoms with van der Waals surface area (Å²) in [7, 11) is 0. The highest BCUT2D eigenvalue weighted by atomic mass is 127. The van der Waals surface area contributed by atoms with Crippen molar-refractivity contribution in [3.05, 3.63) is 32.9 Å². The minimum atomic E-state index is -4.76. The molecule has 0 aliphatic heterocycles. The Bertz CT molecular complexity index is 332. The normalized spacial score (nSPS) is 13.0. The average Bonchev–Trinajstić information content (AvgIpc) is 1.99. The van der Waals surface area contributed by atoms with Gasteiger partial charge in [0.25, 0.3) is 0 Å². The molecule has 7 heteroatoms. The van der Waals surface area contributed by atoms with Crippen LogP contribution in [-0.2, 0) is 12.4 Å². The largest absolute Gasteiger partial charge is 0.758 e. The number of halogens is 7. The van der Waals surface area contributed by atoms with E-state index < -0.39 is 23.5 Å². The molecule has 0 spiro atoms. The molecule has 0 nitrogen and oxygen atoms in total. The number of benzene rings is 1. The maximum atomic E-state index is 12.2. The molecule has 0 aliphatic rings. The fourth-order valence-electron chi connectivity index (χ4n) is 0.917. The van der Waals surface area contributed by atoms with Crippen LogP contribution in [0.5, 0.6) is 0 Å². The Labute approximate surface area is 94.4 Å². The van der Waals surface area contributed by atoms with E-state index in [9.17, 15) is 26.3 Å². The molecule has 15 heavy (non-hydrogen) atoms. The lowest BCUT2D eigenvalue weighted by Crippen LogP contribution is -3.34. The summed E-state index contributed by atoms with van der Waals surface area (Å²) in [6.07, 6.45) is -9.53. The molecule has 0 aromatic heterocycles. The third kappa shape index (κ3) is 3.25. The van der Waals surface area contributed by atoms with Gasteiger partial charge in [0.05, 0.1) is 11.1 Å². The monoisotopic (exact) mass is 340 g/mol. The highest BCUT2D eigenvalue weighted by molar-refractivity contribution is 5.27. The van der Waals surface area contributed by atoms with Crippen LogP contribution in [0, 0.1) is 3.57 Å². The molecule has 1 aromatic rings. The Morgan fingerprint density at radius 3 is 1.33 bits per heavy atom. The van der Waals surface area contributed by atoms with Crippen molar-refractivity contribution in [2.75, 3.05) is 0 Å². The standard InChI is InChI=1S/C8H3F6I/c9-7(10,11)4-1-5(8(12,13)14)3-6(15)2-4/h1-3H/q-1. The zero-order valence-corrected chi connectivity index (χ0v) is 9.04. The van der Waals surface area contributed by atoms with Gasteiger partial charge in [-0.05, 0) is 6.07 Å². The van der Waals surface area contributed by atoms with Crippen molar-refractivity contribution in [1.82, 2.24) is 0 Å². The summed E-state index contributed by atoms with van der Waals surface area (Å²) in [4.78, 5) is 0. The van der Waals surface area contributed by atoms with Crippen LogP contribution in [0.4, 0.5) is 26.3 Å². The molecule has 0 saturated heterocycles. The van der Waals surface area contributed by atoms with Crippen LogP contribution in [0.3, 0.4) is 0 Å². The van der Waals surface area contributed by atoms with E-state index in [0.717, 1.165) is 0 Å². The van der Waals surface area contributed by atoms with Gasteiger partial charge >= 0.3 is 12.4 Å². The van der Waals surface area contributed by atoms with Crippen LogP contribution in [0.25, 0.3) is 0 Å². The maximum Gasteiger partial charge on any atom is 0.416 e. The van der Waals surface area contributed by atoms with Crippen LogP contribution in [-0.4, -0.2) is 0 Å². The van der Waals surface area contributed by atoms with E-state index >= 15 is 0 Å². The summed E-state index contributed by atoms with van der Waals surface area (Å²) in [6, 6.07) is 1.42. The first-order chi connectivity index (χ1) is 6.60. The van der Waals surface area contributed by atoms with Gasteiger partial charge in [0.15, 0.2) is 0 Å². The first-order valence-corrected chi connectivity index (χ1v) is 4.63. The zero-order chi connectivity index (χ0) is 11.9. The van der Waals surface area contributed by atoms with Crippen molar-refractivity contribution >= 4 is 0 Å². The number of hydrogen-bond acceptors (Lipinski definition) is 0. The lowest BCUT2D eigenvalue weighted by molar-refractivity contribution is -0.329. The molecular formula is C8H3F6I-. The fourth-order valence-corrected chi connectivity index (χ4v) is 1.59. The molecule has 0 heterocycles. The highest BCUT2D eigenvalue weighted by Crippen LogP contribution is 2.34. The lowest BCUT2D eigenvalue weighted by Gasteiger charge is -2.16. The van der Waals surface area contributed by atoms with Crippen LogP contribution in [0.2, 0.25) is 0 Å². The molecule has 0 bridgehead atoms. The highest BCUT2D eigenvalue weighted by Gasteiger charge is 2.35. The molecule has 0 aliphatic carbocycles. The third-order valence-corrected chi connectivity index (χ3v) is 2.18. The fraction of sp³-hybridized carbons (Fsp3) is 0.250. The molecule has 0 saturated carbocycles. The van der Waals surface area contributed by atoms with Gasteiger partial charge in [0, 0.05) is 0 Å². The Kier molecular flexibility index (Phi) is 3.22. The minimum absolute atomic E-state index is 0.0994. The van der Waals surface area contributed by atoms with E-state index in [-0.39, 0.29) is 9.64 Å². The SMILES string of the molecule is FC(F)(F)c1cc([I-])cc(C(F)(F)F)c1. The van der Waals surface area contributed by atoms with E-state index in [0.29, 0.717) is 12.1 Å². The second kappa shape index (κ2) is 3.84. The van der Waals surface area contributed by atoms with Crippen LogP contribution < -0.4 is 22.6 Å². The predicted octanol–water partition coefficient (Wildman–Crippen LogP) is 0.447. The molecule has 0 amide bonds. The van der Waals surface area contributed by atoms with Gasteiger partial charge in [0.1, 0.15) is 0 Å². The molecule has 0 atom stereocenters. The average molecular weight is 340 g/mol. The van der Waals surface area contributed by atoms with E-state index in [1.165, 1.54) is 22.6 Å². The predicted molar refractivity (Wildman–Crippen MR) is 35.1 cm³/mol. The number of alkyl halides is 6. The van der Waals surface area contributed by atoms with E-state index in [4.69, 9.17) is 0 Å². The van der Waals surface area contributed by atoms with Gasteiger partial charge in [-0.1, -0.05) is 12.1 Å². The van der Waals surface area contributed by atoms with E-state index in [1.807, 2.05) is 0 Å². The van der Waals surface area contributed by atoms with Crippen molar-refractivity contribution in [3.8, 4) is 0 Å². The Morgan fingerprint density at radius 2 is 1.07 bits per heavy atom. The quantitative estimate of drug-likeness (QED) is 0.475. The molecule has 0 unspecified atom stereocenters. The molecule has 0 N–H and O–H groups in total. The Hall–Kier alpha value is -0.470. The molecule has 1 aromatic carbocycles. The van der Waals surface area contributed by atoms with Crippen LogP contribution in [0.15, 0.2) is 18.2 Å². The first-order valence-electron chi connectivity index (χ1n) is 3.55. The Morgan fingerprint density at radius 1 is 0.733 bits per heavy atom. The van der Waals surface area contributed by atoms with Crippen molar-refractivity contribution < 1.29 is 48.9 Å². The molecular weight excluding hydrogens is 337 g/mol. The zero-order valence-electron chi connectivity index (χ0n) is 6.88. The molecule has 1 radical (unpaired) electrons. The summed E-state index contributed by atoms with van der Waals surface area (Å²) < 4.78 is 72.9. The second-order valence-corrected chi connectivity index (χ2v) is 3.97. The molecule has 1 rings (SSSR count). The van der Waals surface area contributed by atoms with Gasteiger partial charge in [-0.15, -0.1) is 0 Å². The minimum Gasteiger partial charge on any atom is -0.758 e. The van der Waals surface area contributed by atoms with Crippen molar-refractivity contribution in [3.63, 3.8) is 0 Å². The van der Waals surface area contributed by atoms with E-state index in [2.05, 4.69) is 0 Å². The lowest BCUT2D eigenvalue weighted by atomic mass is 10.1. The molecule has 85 valence electrons. The van der Waals surface area contributed by atoms with Crippen LogP contribution in [0.1, 0.15) is 11.1 Å². The first kappa shape index (κ1) is 12.6. The van der Waals surface area contributed by atoms with Crippen LogP contribution >= 0.6 is 0 Å².